The largest absolute Gasteiger partial charge is 0.419 e. The number of hydrogen-bond donors (Lipinski definition) is 0. The summed E-state index contributed by atoms with van der Waals surface area (Å²) in [5, 5.41) is 0. The van der Waals surface area contributed by atoms with E-state index in [1.807, 2.05) is 0 Å². The molecule has 0 aromatic rings. The van der Waals surface area contributed by atoms with Gasteiger partial charge in [0.15, 0.2) is 0 Å². The molecule has 0 spiro atoms. The molecular formula is C5H5F7O. The van der Waals surface area contributed by atoms with E-state index in [-0.39, 0.29) is 7.11 Å². The molecule has 0 aromatic carbocycles. The van der Waals surface area contributed by atoms with Crippen LogP contribution in [-0.2, 0) is 4.74 Å². The molecule has 0 amide bonds. The molecule has 0 N–H and O–H groups in total. The number of methoxy groups -OCH3 is 1. The smallest absolute Gasteiger partial charge is 0.319 e. The predicted molar refractivity (Wildman–Crippen MR) is 27.6 cm³/mol. The Hall–Kier alpha value is -0.530. The molecule has 0 aliphatic heterocycles. The Bertz CT molecular complexity index is 172. The lowest BCUT2D eigenvalue weighted by Gasteiger charge is -2.25. The van der Waals surface area contributed by atoms with Gasteiger partial charge in [-0.25, -0.2) is 0 Å². The van der Waals surface area contributed by atoms with E-state index in [0.717, 1.165) is 0 Å². The van der Waals surface area contributed by atoms with Crippen molar-refractivity contribution in [2.24, 2.45) is 0 Å². The average Bonchev–Trinajstić information content (AvgIpc) is 1.81. The molecule has 0 unspecified atom stereocenters. The number of alkyl halides is 7. The van der Waals surface area contributed by atoms with E-state index in [1.54, 1.807) is 0 Å². The maximum absolute atomic E-state index is 12.1. The topological polar surface area (TPSA) is 9.23 Å². The van der Waals surface area contributed by atoms with E-state index in [1.165, 1.54) is 0 Å². The van der Waals surface area contributed by atoms with Crippen LogP contribution in [0.1, 0.15) is 6.42 Å². The van der Waals surface area contributed by atoms with E-state index in [2.05, 4.69) is 4.74 Å². The summed E-state index contributed by atoms with van der Waals surface area (Å²) in [5.74, 6) is -5.25. The van der Waals surface area contributed by atoms with Crippen LogP contribution in [0.15, 0.2) is 0 Å². The second-order valence-electron chi connectivity index (χ2n) is 2.22. The zero-order valence-corrected chi connectivity index (χ0v) is 6.26. The monoisotopic (exact) mass is 214 g/mol. The Kier molecular flexibility index (Phi) is 3.18. The van der Waals surface area contributed by atoms with Gasteiger partial charge in [0.05, 0.1) is 0 Å². The number of hydrogen-bond acceptors (Lipinski definition) is 1. The second kappa shape index (κ2) is 3.32. The number of ether oxygens (including phenoxy) is 1. The third-order valence-corrected chi connectivity index (χ3v) is 1.10. The average molecular weight is 214 g/mol. The van der Waals surface area contributed by atoms with Crippen LogP contribution in [0.2, 0.25) is 0 Å². The maximum atomic E-state index is 12.1. The lowest BCUT2D eigenvalue weighted by atomic mass is 10.2. The van der Waals surface area contributed by atoms with Crippen molar-refractivity contribution in [2.75, 3.05) is 7.11 Å². The Morgan fingerprint density at radius 3 is 1.54 bits per heavy atom. The molecule has 0 aliphatic carbocycles. The molecule has 0 aromatic heterocycles. The van der Waals surface area contributed by atoms with Gasteiger partial charge >= 0.3 is 18.2 Å². The minimum atomic E-state index is -5.37. The van der Waals surface area contributed by atoms with Crippen LogP contribution in [0.5, 0.6) is 0 Å². The lowest BCUT2D eigenvalue weighted by Crippen LogP contribution is -2.45. The summed E-state index contributed by atoms with van der Waals surface area (Å²) in [5.41, 5.74) is 0. The first-order valence-electron chi connectivity index (χ1n) is 2.89. The molecule has 0 saturated carbocycles. The van der Waals surface area contributed by atoms with Gasteiger partial charge in [-0.3, -0.25) is 0 Å². The molecule has 8 heteroatoms. The number of halogens is 7. The normalized spacial score (nSPS) is 14.8. The van der Waals surface area contributed by atoms with Gasteiger partial charge in [0.1, 0.15) is 6.42 Å². The zero-order chi connectivity index (χ0) is 10.9. The van der Waals surface area contributed by atoms with Gasteiger partial charge in [0, 0.05) is 7.11 Å². The molecule has 0 radical (unpaired) electrons. The summed E-state index contributed by atoms with van der Waals surface area (Å²) < 4.78 is 85.2. The highest BCUT2D eigenvalue weighted by Gasteiger charge is 2.61. The fourth-order valence-electron chi connectivity index (χ4n) is 0.504. The van der Waals surface area contributed by atoms with Crippen molar-refractivity contribution in [3.63, 3.8) is 0 Å². The van der Waals surface area contributed by atoms with E-state index in [9.17, 15) is 30.7 Å². The van der Waals surface area contributed by atoms with Crippen molar-refractivity contribution in [2.45, 2.75) is 24.6 Å². The van der Waals surface area contributed by atoms with Crippen molar-refractivity contribution < 1.29 is 35.5 Å². The summed E-state index contributed by atoms with van der Waals surface area (Å²) in [6.07, 6.45) is -13.4. The predicted octanol–water partition coefficient (Wildman–Crippen LogP) is 2.81. The molecule has 1 nitrogen and oxygen atoms in total. The lowest BCUT2D eigenvalue weighted by molar-refractivity contribution is -0.357. The van der Waals surface area contributed by atoms with Gasteiger partial charge in [0.25, 0.3) is 0 Å². The fourth-order valence-corrected chi connectivity index (χ4v) is 0.504. The van der Waals surface area contributed by atoms with Gasteiger partial charge in [-0.05, 0) is 0 Å². The van der Waals surface area contributed by atoms with Crippen molar-refractivity contribution in [3.05, 3.63) is 0 Å². The Balaban J connectivity index is 4.58. The maximum Gasteiger partial charge on any atom is 0.419 e. The van der Waals surface area contributed by atoms with Crippen LogP contribution in [0.4, 0.5) is 30.7 Å². The molecule has 0 bridgehead atoms. The molecule has 80 valence electrons. The van der Waals surface area contributed by atoms with Crippen LogP contribution < -0.4 is 0 Å². The minimum absolute atomic E-state index is 0.199. The summed E-state index contributed by atoms with van der Waals surface area (Å²) in [6.45, 7) is 0. The molecule has 0 fully saturated rings. The van der Waals surface area contributed by atoms with E-state index < -0.39 is 24.6 Å². The van der Waals surface area contributed by atoms with Crippen LogP contribution >= 0.6 is 0 Å². The van der Waals surface area contributed by atoms with E-state index in [0.29, 0.717) is 0 Å². The molecular weight excluding hydrogens is 209 g/mol. The molecule has 13 heavy (non-hydrogen) atoms. The van der Waals surface area contributed by atoms with Gasteiger partial charge in [-0.1, -0.05) is 0 Å². The first-order chi connectivity index (χ1) is 5.52. The number of rotatable bonds is 3. The van der Waals surface area contributed by atoms with Crippen LogP contribution in [0.25, 0.3) is 0 Å². The SMILES string of the molecule is COC(F)(F)C(F)(F)CC(F)(F)F. The van der Waals surface area contributed by atoms with Crippen molar-refractivity contribution in [3.8, 4) is 0 Å². The minimum Gasteiger partial charge on any atom is -0.319 e. The van der Waals surface area contributed by atoms with Crippen molar-refractivity contribution in [1.82, 2.24) is 0 Å². The first kappa shape index (κ1) is 12.5. The molecule has 0 heterocycles. The highest BCUT2D eigenvalue weighted by atomic mass is 19.4. The van der Waals surface area contributed by atoms with Gasteiger partial charge < -0.3 is 4.74 Å². The zero-order valence-electron chi connectivity index (χ0n) is 6.26. The van der Waals surface area contributed by atoms with Crippen LogP contribution in [0, 0.1) is 0 Å². The van der Waals surface area contributed by atoms with Crippen LogP contribution in [-0.4, -0.2) is 25.3 Å². The van der Waals surface area contributed by atoms with Crippen molar-refractivity contribution >= 4 is 0 Å². The standard InChI is InChI=1S/C5H5F7O/c1-13-5(11,12)3(6,7)2-4(8,9)10/h2H2,1H3. The summed E-state index contributed by atoms with van der Waals surface area (Å²) >= 11 is 0. The molecule has 0 atom stereocenters. The molecule has 0 aliphatic rings. The Labute approximate surface area is 68.5 Å². The molecule has 0 rings (SSSR count). The van der Waals surface area contributed by atoms with E-state index in [4.69, 9.17) is 0 Å². The third-order valence-electron chi connectivity index (χ3n) is 1.10. The summed E-state index contributed by atoms with van der Waals surface area (Å²) in [7, 11) is 0.199. The highest BCUT2D eigenvalue weighted by molar-refractivity contribution is 4.79. The Morgan fingerprint density at radius 2 is 1.31 bits per heavy atom. The molecule has 0 saturated heterocycles. The Morgan fingerprint density at radius 1 is 0.923 bits per heavy atom. The van der Waals surface area contributed by atoms with E-state index >= 15 is 0 Å². The fraction of sp³-hybridized carbons (Fsp3) is 1.00. The summed E-state index contributed by atoms with van der Waals surface area (Å²) in [6, 6.07) is 0. The quantitative estimate of drug-likeness (QED) is 0.656. The van der Waals surface area contributed by atoms with Gasteiger partial charge in [-0.2, -0.15) is 30.7 Å². The summed E-state index contributed by atoms with van der Waals surface area (Å²) in [4.78, 5) is 0. The first-order valence-corrected chi connectivity index (χ1v) is 2.89. The third kappa shape index (κ3) is 3.37. The highest BCUT2D eigenvalue weighted by Crippen LogP contribution is 2.42. The van der Waals surface area contributed by atoms with Crippen LogP contribution in [0.3, 0.4) is 0 Å². The van der Waals surface area contributed by atoms with Gasteiger partial charge in [-0.15, -0.1) is 0 Å². The van der Waals surface area contributed by atoms with Crippen molar-refractivity contribution in [1.29, 1.82) is 0 Å². The van der Waals surface area contributed by atoms with Gasteiger partial charge in [0.2, 0.25) is 0 Å². The second-order valence-corrected chi connectivity index (χ2v) is 2.22.